The Kier molecular flexibility index (Phi) is 3.05. The summed E-state index contributed by atoms with van der Waals surface area (Å²) in [5, 5.41) is 2.73. The van der Waals surface area contributed by atoms with E-state index in [-0.39, 0.29) is 11.5 Å². The van der Waals surface area contributed by atoms with Crippen LogP contribution in [0.5, 0.6) is 0 Å². The molecule has 0 unspecified atom stereocenters. The van der Waals surface area contributed by atoms with E-state index in [1.165, 1.54) is 10.6 Å². The van der Waals surface area contributed by atoms with Gasteiger partial charge in [0.05, 0.1) is 5.69 Å². The Morgan fingerprint density at radius 2 is 1.82 bits per heavy atom. The van der Waals surface area contributed by atoms with Gasteiger partial charge in [0.2, 0.25) is 5.56 Å². The molecule has 86 valence electrons. The van der Waals surface area contributed by atoms with E-state index < -0.39 is 0 Å². The predicted molar refractivity (Wildman–Crippen MR) is 66.1 cm³/mol. The molecule has 0 bridgehead atoms. The maximum Gasteiger partial charge on any atom is 0.255 e. The van der Waals surface area contributed by atoms with E-state index in [1.807, 2.05) is 6.07 Å². The minimum Gasteiger partial charge on any atom is -0.321 e. The van der Waals surface area contributed by atoms with Crippen LogP contribution in [0.25, 0.3) is 0 Å². The number of amides is 1. The second-order valence-corrected chi connectivity index (χ2v) is 3.69. The lowest BCUT2D eigenvalue weighted by Gasteiger charge is -2.06. The number of anilines is 1. The summed E-state index contributed by atoms with van der Waals surface area (Å²) in [5.41, 5.74) is 1.07. The molecule has 1 heterocycles. The Morgan fingerprint density at radius 1 is 1.12 bits per heavy atom. The van der Waals surface area contributed by atoms with Gasteiger partial charge < -0.3 is 9.88 Å². The second kappa shape index (κ2) is 4.65. The van der Waals surface area contributed by atoms with Crippen LogP contribution < -0.4 is 10.9 Å². The minimum atomic E-state index is -0.191. The van der Waals surface area contributed by atoms with E-state index in [2.05, 4.69) is 5.32 Å². The first-order valence-electron chi connectivity index (χ1n) is 5.20. The molecule has 0 aliphatic rings. The molecule has 1 amide bonds. The van der Waals surface area contributed by atoms with Gasteiger partial charge in [-0.2, -0.15) is 0 Å². The first-order valence-corrected chi connectivity index (χ1v) is 5.20. The van der Waals surface area contributed by atoms with E-state index >= 15 is 0 Å². The van der Waals surface area contributed by atoms with Gasteiger partial charge in [0.15, 0.2) is 0 Å². The molecule has 0 aliphatic carbocycles. The lowest BCUT2D eigenvalue weighted by atomic mass is 10.2. The maximum absolute atomic E-state index is 11.8. The van der Waals surface area contributed by atoms with Crippen LogP contribution in [0, 0.1) is 0 Å². The molecule has 4 heteroatoms. The molecule has 0 saturated heterocycles. The summed E-state index contributed by atoms with van der Waals surface area (Å²) in [6.45, 7) is 0. The highest BCUT2D eigenvalue weighted by molar-refractivity contribution is 6.04. The molecule has 0 atom stereocenters. The molecule has 0 fully saturated rings. The van der Waals surface area contributed by atoms with Crippen molar-refractivity contribution in [2.75, 3.05) is 5.32 Å². The van der Waals surface area contributed by atoms with Gasteiger partial charge >= 0.3 is 0 Å². The number of carbonyl (C=O) groups excluding carboxylic acids is 1. The van der Waals surface area contributed by atoms with Crippen molar-refractivity contribution in [3.05, 3.63) is 64.6 Å². The normalized spacial score (nSPS) is 9.94. The second-order valence-electron chi connectivity index (χ2n) is 3.69. The standard InChI is InChI=1S/C13H12N2O2/c1-15-9-11(7-8-12(15)16)14-13(17)10-5-3-2-4-6-10/h2-9H,1H3,(H,14,17). The van der Waals surface area contributed by atoms with Gasteiger partial charge in [-0.3, -0.25) is 9.59 Å². The summed E-state index contributed by atoms with van der Waals surface area (Å²) in [5.74, 6) is -0.191. The third-order valence-corrected chi connectivity index (χ3v) is 2.38. The quantitative estimate of drug-likeness (QED) is 0.849. The highest BCUT2D eigenvalue weighted by Crippen LogP contribution is 2.06. The summed E-state index contributed by atoms with van der Waals surface area (Å²) in [6.07, 6.45) is 1.59. The van der Waals surface area contributed by atoms with Crippen molar-refractivity contribution >= 4 is 11.6 Å². The van der Waals surface area contributed by atoms with E-state index in [9.17, 15) is 9.59 Å². The van der Waals surface area contributed by atoms with Gasteiger partial charge in [0, 0.05) is 24.9 Å². The van der Waals surface area contributed by atoms with Crippen LogP contribution in [0.15, 0.2) is 53.5 Å². The minimum absolute atomic E-state index is 0.109. The molecule has 2 aromatic rings. The van der Waals surface area contributed by atoms with Crippen LogP contribution in [0.3, 0.4) is 0 Å². The number of hydrogen-bond donors (Lipinski definition) is 1. The number of nitrogens with zero attached hydrogens (tertiary/aromatic N) is 1. The number of pyridine rings is 1. The molecule has 17 heavy (non-hydrogen) atoms. The Hall–Kier alpha value is -2.36. The Morgan fingerprint density at radius 3 is 2.47 bits per heavy atom. The molecule has 1 aromatic heterocycles. The SMILES string of the molecule is Cn1cc(NC(=O)c2ccccc2)ccc1=O. The van der Waals surface area contributed by atoms with Crippen molar-refractivity contribution in [2.45, 2.75) is 0 Å². The first-order chi connectivity index (χ1) is 8.16. The van der Waals surface area contributed by atoms with Crippen molar-refractivity contribution < 1.29 is 4.79 Å². The van der Waals surface area contributed by atoms with Crippen molar-refractivity contribution in [3.63, 3.8) is 0 Å². The predicted octanol–water partition coefficient (Wildman–Crippen LogP) is 1.64. The van der Waals surface area contributed by atoms with Crippen LogP contribution in [0.2, 0.25) is 0 Å². The molecule has 1 aromatic carbocycles. The maximum atomic E-state index is 11.8. The fraction of sp³-hybridized carbons (Fsp3) is 0.0769. The van der Waals surface area contributed by atoms with E-state index in [1.54, 1.807) is 43.6 Å². The molecule has 0 radical (unpaired) electrons. The summed E-state index contributed by atoms with van der Waals surface area (Å²) in [6, 6.07) is 11.9. The number of aryl methyl sites for hydroxylation is 1. The third-order valence-electron chi connectivity index (χ3n) is 2.38. The number of carbonyl (C=O) groups is 1. The van der Waals surface area contributed by atoms with Crippen LogP contribution >= 0.6 is 0 Å². The number of hydrogen-bond acceptors (Lipinski definition) is 2. The number of aromatic nitrogens is 1. The zero-order valence-electron chi connectivity index (χ0n) is 9.38. The molecule has 0 aliphatic heterocycles. The highest BCUT2D eigenvalue weighted by atomic mass is 16.1. The smallest absolute Gasteiger partial charge is 0.255 e. The molecule has 0 saturated carbocycles. The van der Waals surface area contributed by atoms with Crippen molar-refractivity contribution in [1.82, 2.24) is 4.57 Å². The summed E-state index contributed by atoms with van der Waals surface area (Å²) in [4.78, 5) is 23.0. The first kappa shape index (κ1) is 11.1. The van der Waals surface area contributed by atoms with Gasteiger partial charge in [-0.1, -0.05) is 18.2 Å². The van der Waals surface area contributed by atoms with Gasteiger partial charge in [-0.15, -0.1) is 0 Å². The summed E-state index contributed by atoms with van der Waals surface area (Å²) >= 11 is 0. The van der Waals surface area contributed by atoms with E-state index in [0.29, 0.717) is 11.3 Å². The number of nitrogens with one attached hydrogen (secondary N) is 1. The van der Waals surface area contributed by atoms with E-state index in [4.69, 9.17) is 0 Å². The van der Waals surface area contributed by atoms with Crippen LogP contribution in [0.4, 0.5) is 5.69 Å². The Balaban J connectivity index is 2.19. The largest absolute Gasteiger partial charge is 0.321 e. The average Bonchev–Trinajstić information content (AvgIpc) is 2.35. The van der Waals surface area contributed by atoms with Crippen LogP contribution in [-0.2, 0) is 7.05 Å². The summed E-state index contributed by atoms with van der Waals surface area (Å²) in [7, 11) is 1.64. The van der Waals surface area contributed by atoms with Crippen LogP contribution in [0.1, 0.15) is 10.4 Å². The molecular formula is C13H12N2O2. The average molecular weight is 228 g/mol. The molecule has 1 N–H and O–H groups in total. The molecule has 0 spiro atoms. The Labute approximate surface area is 98.5 Å². The van der Waals surface area contributed by atoms with E-state index in [0.717, 1.165) is 0 Å². The van der Waals surface area contributed by atoms with Crippen LogP contribution in [-0.4, -0.2) is 10.5 Å². The number of benzene rings is 1. The molecular weight excluding hydrogens is 216 g/mol. The lowest BCUT2D eigenvalue weighted by molar-refractivity contribution is 0.102. The van der Waals surface area contributed by atoms with Gasteiger partial charge in [0.1, 0.15) is 0 Å². The zero-order valence-corrected chi connectivity index (χ0v) is 9.38. The molecule has 2 rings (SSSR count). The zero-order chi connectivity index (χ0) is 12.3. The van der Waals surface area contributed by atoms with Gasteiger partial charge in [-0.05, 0) is 18.2 Å². The topological polar surface area (TPSA) is 51.1 Å². The monoisotopic (exact) mass is 228 g/mol. The van der Waals surface area contributed by atoms with Crippen molar-refractivity contribution in [2.24, 2.45) is 7.05 Å². The third kappa shape index (κ3) is 2.60. The fourth-order valence-corrected chi connectivity index (χ4v) is 1.46. The number of rotatable bonds is 2. The Bertz CT molecular complexity index is 588. The van der Waals surface area contributed by atoms with Gasteiger partial charge in [0.25, 0.3) is 5.91 Å². The summed E-state index contributed by atoms with van der Waals surface area (Å²) < 4.78 is 1.42. The molecule has 4 nitrogen and oxygen atoms in total. The fourth-order valence-electron chi connectivity index (χ4n) is 1.46. The lowest BCUT2D eigenvalue weighted by Crippen LogP contribution is -2.17. The highest BCUT2D eigenvalue weighted by Gasteiger charge is 2.05. The van der Waals surface area contributed by atoms with Crippen molar-refractivity contribution in [3.8, 4) is 0 Å². The van der Waals surface area contributed by atoms with Crippen molar-refractivity contribution in [1.29, 1.82) is 0 Å². The van der Waals surface area contributed by atoms with Gasteiger partial charge in [-0.25, -0.2) is 0 Å².